The third-order valence-electron chi connectivity index (χ3n) is 8.81. The maximum Gasteiger partial charge on any atom is -1.00 e. The van der Waals surface area contributed by atoms with Crippen molar-refractivity contribution in [3.8, 4) is 22.3 Å². The van der Waals surface area contributed by atoms with Gasteiger partial charge < -0.3 is 24.8 Å². The van der Waals surface area contributed by atoms with Crippen molar-refractivity contribution >= 4 is 25.8 Å². The molecule has 6 aromatic rings. The van der Waals surface area contributed by atoms with Crippen molar-refractivity contribution in [2.75, 3.05) is 0 Å². The topological polar surface area (TPSA) is 0 Å². The molecule has 0 heterocycles. The molecule has 0 aliphatic carbocycles. The van der Waals surface area contributed by atoms with Gasteiger partial charge in [-0.3, -0.25) is 0 Å². The van der Waals surface area contributed by atoms with E-state index in [1.165, 1.54) is 95.9 Å². The number of fused-ring (bicyclic) bond motifs is 2. The fourth-order valence-electron chi connectivity index (χ4n) is 5.98. The zero-order chi connectivity index (χ0) is 33.1. The van der Waals surface area contributed by atoms with Gasteiger partial charge in [0, 0.05) is 0 Å². The van der Waals surface area contributed by atoms with Crippen LogP contribution < -0.4 is 24.8 Å². The molecule has 0 N–H and O–H groups in total. The molecule has 0 radical (unpaired) electrons. The van der Waals surface area contributed by atoms with Crippen LogP contribution in [0, 0.1) is 13.8 Å². The van der Waals surface area contributed by atoms with Gasteiger partial charge in [0.1, 0.15) is 0 Å². The van der Waals surface area contributed by atoms with E-state index >= 15 is 0 Å². The molecule has 47 heavy (non-hydrogen) atoms. The van der Waals surface area contributed by atoms with Crippen LogP contribution in [-0.2, 0) is 35.1 Å². The molecule has 0 bridgehead atoms. The summed E-state index contributed by atoms with van der Waals surface area (Å²) in [7, 11) is 0. The summed E-state index contributed by atoms with van der Waals surface area (Å²) in [5.41, 5.74) is 12.6. The number of aryl methyl sites for hydroxylation is 2. The molecule has 0 amide bonds. The van der Waals surface area contributed by atoms with Crippen LogP contribution in [0.5, 0.6) is 0 Å². The smallest absolute Gasteiger partial charge is 1.00 e. The van der Waals surface area contributed by atoms with Crippen molar-refractivity contribution in [1.82, 2.24) is 0 Å². The summed E-state index contributed by atoms with van der Waals surface area (Å²) in [6.07, 6.45) is 0. The normalized spacial score (nSPS) is 11.3. The second-order valence-electron chi connectivity index (χ2n) is 14.7. The first-order chi connectivity index (χ1) is 21.2. The Kier molecular flexibility index (Phi) is 14.4. The third-order valence-corrected chi connectivity index (χ3v) is 8.81. The molecule has 0 aliphatic heterocycles. The first kappa shape index (κ1) is 40.6. The van der Waals surface area contributed by atoms with Crippen molar-refractivity contribution < 1.29 is 49.0 Å². The summed E-state index contributed by atoms with van der Waals surface area (Å²) in [6.45, 7) is 22.4. The van der Waals surface area contributed by atoms with Crippen LogP contribution in [0.15, 0.2) is 103 Å². The number of hydrogen-bond donors (Lipinski definition) is 0. The van der Waals surface area contributed by atoms with Crippen LogP contribution in [0.1, 0.15) is 89.1 Å². The van der Waals surface area contributed by atoms with Gasteiger partial charge in [-0.05, 0) is 39.0 Å². The Morgan fingerprint density at radius 1 is 0.596 bits per heavy atom. The number of benzene rings is 4. The summed E-state index contributed by atoms with van der Waals surface area (Å²) in [4.78, 5) is 0. The Morgan fingerprint density at radius 3 is 1.55 bits per heavy atom. The maximum atomic E-state index is 3.34. The molecule has 0 unspecified atom stereocenters. The van der Waals surface area contributed by atoms with E-state index in [0.29, 0.717) is 5.92 Å². The number of hydrogen-bond acceptors (Lipinski definition) is 0. The Balaban J connectivity index is 0.000000299. The van der Waals surface area contributed by atoms with E-state index in [2.05, 4.69) is 177 Å². The summed E-state index contributed by atoms with van der Waals surface area (Å²) >= 11 is 1.30. The first-order valence-electron chi connectivity index (χ1n) is 16.2. The van der Waals surface area contributed by atoms with Crippen LogP contribution in [0.4, 0.5) is 0 Å². The van der Waals surface area contributed by atoms with Gasteiger partial charge in [-0.25, -0.2) is 0 Å². The van der Waals surface area contributed by atoms with Gasteiger partial charge in [0.2, 0.25) is 0 Å². The summed E-state index contributed by atoms with van der Waals surface area (Å²) in [6, 6.07) is 38.5. The zero-order valence-corrected chi connectivity index (χ0v) is 33.8. The van der Waals surface area contributed by atoms with E-state index in [9.17, 15) is 0 Å². The van der Waals surface area contributed by atoms with Gasteiger partial charge in [-0.2, -0.15) is 12.1 Å². The molecular weight excluding hydrogens is 691 g/mol. The maximum absolute atomic E-state index is 3.34. The molecule has 0 nitrogen and oxygen atoms in total. The predicted molar refractivity (Wildman–Crippen MR) is 198 cm³/mol. The van der Waals surface area contributed by atoms with Crippen LogP contribution in [0.25, 0.3) is 43.8 Å². The molecule has 0 spiro atoms. The largest absolute Gasteiger partial charge is 1.00 e. The van der Waals surface area contributed by atoms with E-state index in [1.807, 2.05) is 0 Å². The van der Waals surface area contributed by atoms with Crippen molar-refractivity contribution in [2.45, 2.75) is 86.0 Å². The Morgan fingerprint density at radius 2 is 1.09 bits per heavy atom. The minimum Gasteiger partial charge on any atom is -1.00 e. The van der Waals surface area contributed by atoms with Crippen LogP contribution in [0.3, 0.4) is 0 Å². The van der Waals surface area contributed by atoms with Gasteiger partial charge in [0.25, 0.3) is 0 Å². The average molecular weight is 741 g/mol. The molecule has 6 aromatic carbocycles. The van der Waals surface area contributed by atoms with E-state index in [0.717, 1.165) is 0 Å². The van der Waals surface area contributed by atoms with Crippen molar-refractivity contribution in [3.05, 3.63) is 131 Å². The number of halogens is 2. The second-order valence-corrected chi connectivity index (χ2v) is 14.7. The van der Waals surface area contributed by atoms with Gasteiger partial charge in [-0.15, -0.1) is 68.6 Å². The van der Waals surface area contributed by atoms with Crippen LogP contribution in [0.2, 0.25) is 0 Å². The first-order valence-corrected chi connectivity index (χ1v) is 17.9. The van der Waals surface area contributed by atoms with Crippen molar-refractivity contribution in [3.63, 3.8) is 0 Å². The van der Waals surface area contributed by atoms with Gasteiger partial charge in [0.05, 0.1) is 0 Å². The Hall–Kier alpha value is -2.57. The monoisotopic (exact) mass is 738 g/mol. The second kappa shape index (κ2) is 16.7. The zero-order valence-electron chi connectivity index (χ0n) is 29.9. The minimum absolute atomic E-state index is 0. The third kappa shape index (κ3) is 9.53. The fraction of sp³-hybridized carbons (Fsp3) is 0.295. The van der Waals surface area contributed by atoms with E-state index in [4.69, 9.17) is 0 Å². The average Bonchev–Trinajstić information content (AvgIpc) is 3.62. The minimum atomic E-state index is 0. The molecule has 0 aliphatic rings. The van der Waals surface area contributed by atoms with Crippen LogP contribution in [-0.4, -0.2) is 4.21 Å². The standard InChI is InChI=1S/C22H25.C21H23.CH2.2ClH.Zr/c1-15(2)18-13-17-7-6-8-20(21(17)14-18)16-9-11-19(12-10-16)22(3,4)5;1-14-12-19-15(2)6-11-18(20(19)13-14)16-7-9-17(10-8-16)21(3,4)5;;;;/h6-15H,1-5H3;6-13H,1-5H3;1H2;2*1H;/q2*-1;;;;+2/p-2. The molecule has 0 atom stereocenters. The molecule has 6 rings (SSSR count). The SMILES string of the molecule is CC(C)c1cc2c(-c3ccc(C(C)(C)C)cc3)cccc2[cH-]1.Cc1cc2c(-c3ccc(C(C)(C)C)cc3)ccc(C)c2[cH-]1.[CH2]=[Zr+2].[Cl-].[Cl-]. The Labute approximate surface area is 311 Å². The number of rotatable bonds is 3. The molecule has 0 fully saturated rings. The summed E-state index contributed by atoms with van der Waals surface area (Å²) in [5, 5.41) is 5.47. The summed E-state index contributed by atoms with van der Waals surface area (Å²) < 4.78 is 3.34. The van der Waals surface area contributed by atoms with Gasteiger partial charge >= 0.3 is 28.4 Å². The van der Waals surface area contributed by atoms with Crippen molar-refractivity contribution in [2.24, 2.45) is 0 Å². The summed E-state index contributed by atoms with van der Waals surface area (Å²) in [5.74, 6) is 0.573. The van der Waals surface area contributed by atoms with E-state index in [-0.39, 0.29) is 35.6 Å². The molecular formula is C44H50Cl2Zr-2. The van der Waals surface area contributed by atoms with Crippen molar-refractivity contribution in [1.29, 1.82) is 0 Å². The fourth-order valence-corrected chi connectivity index (χ4v) is 5.98. The van der Waals surface area contributed by atoms with Gasteiger partial charge in [0.15, 0.2) is 0 Å². The molecule has 0 saturated carbocycles. The van der Waals surface area contributed by atoms with Gasteiger partial charge in [-0.1, -0.05) is 141 Å². The Bertz CT molecular complexity index is 1870. The van der Waals surface area contributed by atoms with E-state index < -0.39 is 0 Å². The van der Waals surface area contributed by atoms with Crippen LogP contribution >= 0.6 is 0 Å². The molecule has 0 saturated heterocycles. The molecule has 0 aromatic heterocycles. The molecule has 3 heteroatoms. The van der Waals surface area contributed by atoms with E-state index in [1.54, 1.807) is 0 Å². The predicted octanol–water partition coefficient (Wildman–Crippen LogP) is 6.76. The quantitative estimate of drug-likeness (QED) is 0.176. The molecule has 246 valence electrons.